The summed E-state index contributed by atoms with van der Waals surface area (Å²) in [5.74, 6) is 8.17. The van der Waals surface area contributed by atoms with Crippen molar-refractivity contribution in [3.63, 3.8) is 0 Å². The maximum absolute atomic E-state index is 13.7. The van der Waals surface area contributed by atoms with Crippen molar-refractivity contribution in [3.05, 3.63) is 105 Å². The minimum atomic E-state index is -1.18. The number of halogens is 6. The average molecular weight is 408 g/mol. The zero-order valence-corrected chi connectivity index (χ0v) is 14.7. The van der Waals surface area contributed by atoms with Crippen LogP contribution in [0.25, 0.3) is 0 Å². The smallest absolute Gasteiger partial charge is 0.160 e. The van der Waals surface area contributed by atoms with Crippen LogP contribution in [0.5, 0.6) is 0 Å². The van der Waals surface area contributed by atoms with Gasteiger partial charge in [-0.15, -0.1) is 0 Å². The zero-order valence-electron chi connectivity index (χ0n) is 14.7. The first-order valence-corrected chi connectivity index (χ1v) is 8.35. The van der Waals surface area contributed by atoms with Crippen LogP contribution in [0, 0.1) is 70.4 Å². The van der Waals surface area contributed by atoms with Gasteiger partial charge in [0.05, 0.1) is 0 Å². The van der Waals surface area contributed by atoms with Crippen molar-refractivity contribution in [1.29, 1.82) is 0 Å². The molecule has 4 rings (SSSR count). The summed E-state index contributed by atoms with van der Waals surface area (Å²) >= 11 is 0. The number of hydrogen-bond donors (Lipinski definition) is 0. The third-order valence-corrected chi connectivity index (χ3v) is 4.18. The fourth-order valence-electron chi connectivity index (χ4n) is 2.67. The molecule has 0 atom stereocenters. The molecule has 1 aliphatic carbocycles. The Labute approximate surface area is 167 Å². The Morgan fingerprint density at radius 2 is 0.433 bits per heavy atom. The fourth-order valence-corrected chi connectivity index (χ4v) is 2.67. The normalized spacial score (nSPS) is 11.0. The van der Waals surface area contributed by atoms with Crippen molar-refractivity contribution >= 4 is 0 Å². The van der Waals surface area contributed by atoms with Gasteiger partial charge in [-0.2, -0.15) is 0 Å². The van der Waals surface area contributed by atoms with Crippen LogP contribution >= 0.6 is 0 Å². The van der Waals surface area contributed by atoms with E-state index in [4.69, 9.17) is 0 Å². The largest absolute Gasteiger partial charge is 0.204 e. The molecule has 144 valence electrons. The highest BCUT2D eigenvalue weighted by Crippen LogP contribution is 2.19. The van der Waals surface area contributed by atoms with E-state index in [1.165, 1.54) is 0 Å². The third-order valence-electron chi connectivity index (χ3n) is 4.18. The lowest BCUT2D eigenvalue weighted by atomic mass is 10.0. The van der Waals surface area contributed by atoms with E-state index < -0.39 is 34.9 Å². The Hall–Kier alpha value is -4.08. The summed E-state index contributed by atoms with van der Waals surface area (Å²) in [5.41, 5.74) is -0.196. The van der Waals surface area contributed by atoms with E-state index in [9.17, 15) is 26.3 Å². The van der Waals surface area contributed by atoms with Crippen molar-refractivity contribution < 1.29 is 26.3 Å². The van der Waals surface area contributed by atoms with E-state index in [1.54, 1.807) is 0 Å². The first-order chi connectivity index (χ1) is 14.3. The molecule has 0 fully saturated rings. The van der Waals surface area contributed by atoms with Gasteiger partial charge in [-0.05, 0) is 36.4 Å². The van der Waals surface area contributed by atoms with Gasteiger partial charge in [0.1, 0.15) is 0 Å². The highest BCUT2D eigenvalue weighted by molar-refractivity contribution is 5.61. The minimum absolute atomic E-state index is 0.0326. The van der Waals surface area contributed by atoms with Gasteiger partial charge in [0.25, 0.3) is 0 Å². The fraction of sp³-hybridized carbons (Fsp3) is 0. The number of hydrogen-bond acceptors (Lipinski definition) is 0. The van der Waals surface area contributed by atoms with Gasteiger partial charge in [0.2, 0.25) is 0 Å². The molecular formula is C24H6F6. The molecule has 0 saturated carbocycles. The van der Waals surface area contributed by atoms with Gasteiger partial charge >= 0.3 is 0 Å². The van der Waals surface area contributed by atoms with Gasteiger partial charge in [0.15, 0.2) is 34.9 Å². The Morgan fingerprint density at radius 1 is 0.300 bits per heavy atom. The predicted octanol–water partition coefficient (Wildman–Crippen LogP) is 5.03. The maximum Gasteiger partial charge on any atom is 0.160 e. The van der Waals surface area contributed by atoms with E-state index >= 15 is 0 Å². The zero-order chi connectivity index (χ0) is 21.4. The molecule has 0 heterocycles. The van der Waals surface area contributed by atoms with Gasteiger partial charge in [-0.1, -0.05) is 35.5 Å². The minimum Gasteiger partial charge on any atom is -0.204 e. The van der Waals surface area contributed by atoms with Gasteiger partial charge in [-0.3, -0.25) is 0 Å². The van der Waals surface area contributed by atoms with Crippen LogP contribution in [0.1, 0.15) is 33.4 Å². The second kappa shape index (κ2) is 7.39. The molecule has 30 heavy (non-hydrogen) atoms. The first kappa shape index (κ1) is 19.2. The summed E-state index contributed by atoms with van der Waals surface area (Å²) in [6, 6.07) is 4.81. The number of rotatable bonds is 0. The number of fused-ring (bicyclic) bond motifs is 3. The van der Waals surface area contributed by atoms with E-state index in [0.717, 1.165) is 36.4 Å². The molecule has 0 unspecified atom stereocenters. The summed E-state index contributed by atoms with van der Waals surface area (Å²) in [7, 11) is 0. The van der Waals surface area contributed by atoms with Crippen LogP contribution in [0.3, 0.4) is 0 Å². The van der Waals surface area contributed by atoms with Crippen LogP contribution in [0.2, 0.25) is 0 Å². The van der Waals surface area contributed by atoms with Crippen molar-refractivity contribution in [3.8, 4) is 35.5 Å². The van der Waals surface area contributed by atoms with E-state index in [-0.39, 0.29) is 33.4 Å². The predicted molar refractivity (Wildman–Crippen MR) is 97.0 cm³/mol. The van der Waals surface area contributed by atoms with Gasteiger partial charge in [0, 0.05) is 33.4 Å². The van der Waals surface area contributed by atoms with Crippen LogP contribution in [-0.2, 0) is 0 Å². The molecule has 0 aromatic heterocycles. The Morgan fingerprint density at radius 3 is 0.567 bits per heavy atom. The molecule has 0 aliphatic heterocycles. The first-order valence-electron chi connectivity index (χ1n) is 8.35. The topological polar surface area (TPSA) is 0 Å². The SMILES string of the molecule is Fc1cc2c(cc1F)C#Cc1cc(F)c(F)cc1C#Cc1cc(F)c(F)cc1C#C2. The highest BCUT2D eigenvalue weighted by Gasteiger charge is 2.12. The van der Waals surface area contributed by atoms with Crippen LogP contribution in [0.15, 0.2) is 36.4 Å². The molecule has 3 aromatic carbocycles. The summed E-state index contributed by atoms with van der Waals surface area (Å²) in [6.07, 6.45) is 0. The second-order valence-electron chi connectivity index (χ2n) is 6.19. The van der Waals surface area contributed by atoms with Gasteiger partial charge in [-0.25, -0.2) is 26.3 Å². The van der Waals surface area contributed by atoms with Crippen LogP contribution in [0.4, 0.5) is 26.3 Å². The molecule has 0 radical (unpaired) electrons. The van der Waals surface area contributed by atoms with E-state index in [0.29, 0.717) is 0 Å². The number of benzene rings is 3. The van der Waals surface area contributed by atoms with Crippen molar-refractivity contribution in [2.75, 3.05) is 0 Å². The monoisotopic (exact) mass is 408 g/mol. The standard InChI is InChI=1S/C24H6F6/c25-19-7-13-1-2-14-8-20(26)22(28)10-16(14)5-6-18-12-24(30)23(29)11-17(18)4-3-15(13)9-21(19)27/h7-12H. The molecule has 3 aromatic rings. The second-order valence-corrected chi connectivity index (χ2v) is 6.19. The van der Waals surface area contributed by atoms with Crippen LogP contribution < -0.4 is 0 Å². The Kier molecular flexibility index (Phi) is 4.74. The Bertz CT molecular complexity index is 1140. The summed E-state index contributed by atoms with van der Waals surface area (Å²) in [5, 5.41) is 0. The molecule has 1 aliphatic rings. The summed E-state index contributed by atoms with van der Waals surface area (Å²) in [6.45, 7) is 0. The summed E-state index contributed by atoms with van der Waals surface area (Å²) in [4.78, 5) is 0. The van der Waals surface area contributed by atoms with E-state index in [2.05, 4.69) is 35.5 Å². The summed E-state index contributed by atoms with van der Waals surface area (Å²) < 4.78 is 82.2. The lowest BCUT2D eigenvalue weighted by Gasteiger charge is -2.03. The lowest BCUT2D eigenvalue weighted by molar-refractivity contribution is 0.507. The maximum atomic E-state index is 13.7. The third kappa shape index (κ3) is 3.62. The molecular weight excluding hydrogens is 402 g/mol. The van der Waals surface area contributed by atoms with Crippen LogP contribution in [-0.4, -0.2) is 0 Å². The van der Waals surface area contributed by atoms with Crippen molar-refractivity contribution in [1.82, 2.24) is 0 Å². The lowest BCUT2D eigenvalue weighted by Crippen LogP contribution is -1.96. The van der Waals surface area contributed by atoms with E-state index in [1.807, 2.05) is 0 Å². The molecule has 0 saturated heterocycles. The molecule has 0 spiro atoms. The van der Waals surface area contributed by atoms with Gasteiger partial charge < -0.3 is 0 Å². The molecule has 0 amide bonds. The molecule has 6 heteroatoms. The van der Waals surface area contributed by atoms with Crippen molar-refractivity contribution in [2.45, 2.75) is 0 Å². The molecule has 0 nitrogen and oxygen atoms in total. The molecule has 0 N–H and O–H groups in total. The van der Waals surface area contributed by atoms with Crippen molar-refractivity contribution in [2.24, 2.45) is 0 Å². The molecule has 0 bridgehead atoms. The highest BCUT2D eigenvalue weighted by atomic mass is 19.2. The average Bonchev–Trinajstić information content (AvgIpc) is 2.70. The quantitative estimate of drug-likeness (QED) is 0.283. The Balaban J connectivity index is 2.08.